The first kappa shape index (κ1) is 15.2. The molecule has 0 radical (unpaired) electrons. The lowest BCUT2D eigenvalue weighted by Gasteiger charge is -2.18. The normalized spacial score (nSPS) is 12.2. The zero-order chi connectivity index (χ0) is 15.4. The molecule has 0 aliphatic rings. The van der Waals surface area contributed by atoms with Gasteiger partial charge < -0.3 is 10.0 Å². The largest absolute Gasteiger partial charge is 0.393 e. The molecule has 21 heavy (non-hydrogen) atoms. The van der Waals surface area contributed by atoms with Gasteiger partial charge >= 0.3 is 0 Å². The molecule has 2 rings (SSSR count). The number of hydrogen-bond acceptors (Lipinski definition) is 4. The molecule has 1 aromatic heterocycles. The van der Waals surface area contributed by atoms with Crippen LogP contribution >= 0.6 is 0 Å². The van der Waals surface area contributed by atoms with Crippen molar-refractivity contribution in [2.75, 3.05) is 13.6 Å². The molecule has 2 aromatic rings. The Hall–Kier alpha value is -2.21. The van der Waals surface area contributed by atoms with E-state index in [0.717, 1.165) is 11.3 Å². The van der Waals surface area contributed by atoms with Crippen molar-refractivity contribution in [2.24, 2.45) is 0 Å². The van der Waals surface area contributed by atoms with Crippen molar-refractivity contribution in [1.29, 1.82) is 0 Å². The molecular weight excluding hydrogens is 268 g/mol. The third-order valence-electron chi connectivity index (χ3n) is 3.34. The number of aliphatic hydroxyl groups is 1. The van der Waals surface area contributed by atoms with Crippen molar-refractivity contribution < 1.29 is 9.90 Å². The second-order valence-electron chi connectivity index (χ2n) is 5.21. The molecule has 0 saturated carbocycles. The topological polar surface area (TPSA) is 71.2 Å². The van der Waals surface area contributed by atoms with Crippen molar-refractivity contribution >= 4 is 5.91 Å². The van der Waals surface area contributed by atoms with Crippen LogP contribution in [-0.2, 0) is 0 Å². The fourth-order valence-electron chi connectivity index (χ4n) is 2.08. The molecule has 0 bridgehead atoms. The van der Waals surface area contributed by atoms with Crippen LogP contribution in [0.15, 0.2) is 30.9 Å². The van der Waals surface area contributed by atoms with Crippen LogP contribution in [0.4, 0.5) is 0 Å². The maximum Gasteiger partial charge on any atom is 0.253 e. The molecule has 0 fully saturated rings. The van der Waals surface area contributed by atoms with E-state index in [4.69, 9.17) is 0 Å². The summed E-state index contributed by atoms with van der Waals surface area (Å²) < 4.78 is 1.67. The number of hydrogen-bond donors (Lipinski definition) is 1. The van der Waals surface area contributed by atoms with Gasteiger partial charge in [0.05, 0.1) is 11.8 Å². The van der Waals surface area contributed by atoms with Crippen molar-refractivity contribution in [2.45, 2.75) is 26.4 Å². The zero-order valence-corrected chi connectivity index (χ0v) is 12.5. The smallest absolute Gasteiger partial charge is 0.253 e. The summed E-state index contributed by atoms with van der Waals surface area (Å²) in [5.74, 6) is -0.0520. The van der Waals surface area contributed by atoms with Gasteiger partial charge in [0.1, 0.15) is 12.7 Å². The monoisotopic (exact) mass is 288 g/mol. The summed E-state index contributed by atoms with van der Waals surface area (Å²) in [5, 5.41) is 13.4. The highest BCUT2D eigenvalue weighted by Crippen LogP contribution is 2.16. The Balaban J connectivity index is 2.14. The standard InChI is InChI=1S/C15H20N4O2/c1-11-8-13(15(21)18(3)7-6-12(2)20)4-5-14(11)19-10-16-9-17-19/h4-5,8-10,12,20H,6-7H2,1-3H3. The van der Waals surface area contributed by atoms with Gasteiger partial charge in [-0.15, -0.1) is 0 Å². The Labute approximate surface area is 124 Å². The number of benzene rings is 1. The fourth-order valence-corrected chi connectivity index (χ4v) is 2.08. The minimum absolute atomic E-state index is 0.0520. The number of aromatic nitrogens is 3. The van der Waals surface area contributed by atoms with Gasteiger partial charge in [-0.2, -0.15) is 5.10 Å². The van der Waals surface area contributed by atoms with E-state index < -0.39 is 6.10 Å². The highest BCUT2D eigenvalue weighted by Gasteiger charge is 2.14. The third kappa shape index (κ3) is 3.66. The molecule has 112 valence electrons. The van der Waals surface area contributed by atoms with Crippen LogP contribution in [0.1, 0.15) is 29.3 Å². The molecule has 0 spiro atoms. The molecule has 6 nitrogen and oxygen atoms in total. The fraction of sp³-hybridized carbons (Fsp3) is 0.400. The van der Waals surface area contributed by atoms with Crippen LogP contribution in [0.3, 0.4) is 0 Å². The number of carbonyl (C=O) groups is 1. The first-order valence-corrected chi connectivity index (χ1v) is 6.88. The minimum Gasteiger partial charge on any atom is -0.393 e. The third-order valence-corrected chi connectivity index (χ3v) is 3.34. The van der Waals surface area contributed by atoms with Crippen LogP contribution < -0.4 is 0 Å². The number of nitrogens with zero attached hydrogens (tertiary/aromatic N) is 4. The number of aryl methyl sites for hydroxylation is 1. The second-order valence-corrected chi connectivity index (χ2v) is 5.21. The minimum atomic E-state index is -0.406. The molecule has 1 N–H and O–H groups in total. The Kier molecular flexibility index (Phi) is 4.70. The van der Waals surface area contributed by atoms with Gasteiger partial charge in [-0.05, 0) is 44.0 Å². The van der Waals surface area contributed by atoms with Gasteiger partial charge in [0.2, 0.25) is 0 Å². The van der Waals surface area contributed by atoms with Crippen LogP contribution in [0.25, 0.3) is 5.69 Å². The maximum atomic E-state index is 12.3. The molecule has 1 amide bonds. The Morgan fingerprint density at radius 3 is 2.81 bits per heavy atom. The molecule has 0 saturated heterocycles. The van der Waals surface area contributed by atoms with Crippen molar-refractivity contribution in [3.8, 4) is 5.69 Å². The molecule has 1 aromatic carbocycles. The van der Waals surface area contributed by atoms with E-state index in [1.165, 1.54) is 6.33 Å². The predicted octanol–water partition coefficient (Wildman–Crippen LogP) is 1.42. The lowest BCUT2D eigenvalue weighted by atomic mass is 10.1. The second kappa shape index (κ2) is 6.49. The lowest BCUT2D eigenvalue weighted by Crippen LogP contribution is -2.29. The van der Waals surface area contributed by atoms with Crippen LogP contribution in [-0.4, -0.2) is 50.4 Å². The Morgan fingerprint density at radius 1 is 1.48 bits per heavy atom. The van der Waals surface area contributed by atoms with Crippen molar-refractivity contribution in [3.63, 3.8) is 0 Å². The van der Waals surface area contributed by atoms with Gasteiger partial charge in [-0.3, -0.25) is 4.79 Å². The molecule has 0 aliphatic carbocycles. The van der Waals surface area contributed by atoms with E-state index in [-0.39, 0.29) is 5.91 Å². The summed E-state index contributed by atoms with van der Waals surface area (Å²) in [5.41, 5.74) is 2.48. The van der Waals surface area contributed by atoms with E-state index in [2.05, 4.69) is 10.1 Å². The maximum absolute atomic E-state index is 12.3. The summed E-state index contributed by atoms with van der Waals surface area (Å²) in [6.45, 7) is 4.18. The zero-order valence-electron chi connectivity index (χ0n) is 12.5. The lowest BCUT2D eigenvalue weighted by molar-refractivity contribution is 0.0769. The SMILES string of the molecule is Cc1cc(C(=O)N(C)CCC(C)O)ccc1-n1cncn1. The van der Waals surface area contributed by atoms with Gasteiger partial charge in [0.15, 0.2) is 0 Å². The van der Waals surface area contributed by atoms with E-state index in [1.807, 2.05) is 19.1 Å². The number of aliphatic hydroxyl groups excluding tert-OH is 1. The van der Waals surface area contributed by atoms with Gasteiger partial charge in [0, 0.05) is 19.2 Å². The molecule has 1 atom stereocenters. The van der Waals surface area contributed by atoms with Gasteiger partial charge in [-0.25, -0.2) is 9.67 Å². The summed E-state index contributed by atoms with van der Waals surface area (Å²) in [6.07, 6.45) is 3.26. The van der Waals surface area contributed by atoms with E-state index in [1.54, 1.807) is 35.9 Å². The van der Waals surface area contributed by atoms with Crippen LogP contribution in [0, 0.1) is 6.92 Å². The van der Waals surface area contributed by atoms with Crippen LogP contribution in [0.5, 0.6) is 0 Å². The van der Waals surface area contributed by atoms with Gasteiger partial charge in [0.25, 0.3) is 5.91 Å². The number of amides is 1. The van der Waals surface area contributed by atoms with Crippen molar-refractivity contribution in [1.82, 2.24) is 19.7 Å². The Bertz CT molecular complexity index is 608. The molecule has 6 heteroatoms. The summed E-state index contributed by atoms with van der Waals surface area (Å²) in [4.78, 5) is 17.9. The summed E-state index contributed by atoms with van der Waals surface area (Å²) >= 11 is 0. The van der Waals surface area contributed by atoms with E-state index in [0.29, 0.717) is 18.5 Å². The molecule has 1 heterocycles. The predicted molar refractivity (Wildman–Crippen MR) is 79.4 cm³/mol. The first-order chi connectivity index (χ1) is 9.99. The molecule has 1 unspecified atom stereocenters. The number of rotatable bonds is 5. The Morgan fingerprint density at radius 2 is 2.24 bits per heavy atom. The number of carbonyl (C=O) groups excluding carboxylic acids is 1. The average molecular weight is 288 g/mol. The summed E-state index contributed by atoms with van der Waals surface area (Å²) in [6, 6.07) is 5.49. The first-order valence-electron chi connectivity index (χ1n) is 6.88. The average Bonchev–Trinajstić information content (AvgIpc) is 2.97. The molecular formula is C15H20N4O2. The van der Waals surface area contributed by atoms with Crippen molar-refractivity contribution in [3.05, 3.63) is 42.0 Å². The van der Waals surface area contributed by atoms with Crippen LogP contribution in [0.2, 0.25) is 0 Å². The van der Waals surface area contributed by atoms with E-state index in [9.17, 15) is 9.90 Å². The quantitative estimate of drug-likeness (QED) is 0.903. The molecule has 0 aliphatic heterocycles. The summed E-state index contributed by atoms with van der Waals surface area (Å²) in [7, 11) is 1.74. The highest BCUT2D eigenvalue weighted by atomic mass is 16.3. The van der Waals surface area contributed by atoms with E-state index >= 15 is 0 Å². The highest BCUT2D eigenvalue weighted by molar-refractivity contribution is 5.94. The van der Waals surface area contributed by atoms with Gasteiger partial charge in [-0.1, -0.05) is 0 Å².